The molecule has 0 saturated carbocycles. The summed E-state index contributed by atoms with van der Waals surface area (Å²) < 4.78 is 27.7. The van der Waals surface area contributed by atoms with Crippen LogP contribution in [0.5, 0.6) is 0 Å². The Morgan fingerprint density at radius 2 is 1.90 bits per heavy atom. The second-order valence-corrected chi connectivity index (χ2v) is 8.91. The summed E-state index contributed by atoms with van der Waals surface area (Å²) in [5.74, 6) is 0. The van der Waals surface area contributed by atoms with Crippen molar-refractivity contribution in [2.24, 2.45) is 5.41 Å². The minimum Gasteiger partial charge on any atom is -0.207 e. The zero-order chi connectivity index (χ0) is 15.6. The van der Waals surface area contributed by atoms with Gasteiger partial charge in [-0.05, 0) is 30.0 Å². The maximum atomic E-state index is 12.5. The Labute approximate surface area is 139 Å². The Balaban J connectivity index is 3.13. The fourth-order valence-electron chi connectivity index (χ4n) is 1.71. The van der Waals surface area contributed by atoms with Crippen LogP contribution in [-0.2, 0) is 10.0 Å². The van der Waals surface area contributed by atoms with Gasteiger partial charge in [-0.3, -0.25) is 0 Å². The Morgan fingerprint density at radius 1 is 1.30 bits per heavy atom. The fourth-order valence-corrected chi connectivity index (χ4v) is 4.41. The number of sulfonamides is 1. The smallest absolute Gasteiger partial charge is 0.207 e. The third-order valence-electron chi connectivity index (χ3n) is 2.92. The van der Waals surface area contributed by atoms with Crippen LogP contribution >= 0.6 is 39.1 Å². The highest BCUT2D eigenvalue weighted by molar-refractivity contribution is 9.09. The van der Waals surface area contributed by atoms with Gasteiger partial charge in [-0.2, -0.15) is 0 Å². The van der Waals surface area contributed by atoms with Gasteiger partial charge in [-0.15, -0.1) is 0 Å². The van der Waals surface area contributed by atoms with Crippen molar-refractivity contribution >= 4 is 49.2 Å². The molecule has 1 N–H and O–H groups in total. The lowest BCUT2D eigenvalue weighted by molar-refractivity contribution is 0.293. The molecule has 0 heterocycles. The molecule has 0 saturated heterocycles. The van der Waals surface area contributed by atoms with Gasteiger partial charge in [0.1, 0.15) is 4.90 Å². The Bertz CT molecular complexity index is 570. The molecule has 0 aliphatic carbocycles. The van der Waals surface area contributed by atoms with Gasteiger partial charge in [-0.1, -0.05) is 59.9 Å². The van der Waals surface area contributed by atoms with E-state index >= 15 is 0 Å². The van der Waals surface area contributed by atoms with Crippen molar-refractivity contribution in [2.45, 2.75) is 38.1 Å². The van der Waals surface area contributed by atoms with Gasteiger partial charge in [0.25, 0.3) is 0 Å². The Kier molecular flexibility index (Phi) is 6.35. The van der Waals surface area contributed by atoms with Crippen LogP contribution in [0.15, 0.2) is 23.1 Å². The molecule has 20 heavy (non-hydrogen) atoms. The molecular formula is C13H18BrCl2NO2S. The number of rotatable bonds is 5. The summed E-state index contributed by atoms with van der Waals surface area (Å²) in [6.07, 6.45) is 0.681. The van der Waals surface area contributed by atoms with Crippen molar-refractivity contribution in [3.63, 3.8) is 0 Å². The van der Waals surface area contributed by atoms with E-state index in [4.69, 9.17) is 23.2 Å². The minimum absolute atomic E-state index is 0.00971. The molecule has 0 aromatic heterocycles. The second kappa shape index (κ2) is 6.97. The Morgan fingerprint density at radius 3 is 2.40 bits per heavy atom. The first-order valence-corrected chi connectivity index (χ1v) is 9.47. The van der Waals surface area contributed by atoms with Crippen molar-refractivity contribution in [3.8, 4) is 0 Å². The van der Waals surface area contributed by atoms with Crippen molar-refractivity contribution in [1.29, 1.82) is 0 Å². The van der Waals surface area contributed by atoms with Crippen LogP contribution in [0.25, 0.3) is 0 Å². The second-order valence-electron chi connectivity index (χ2n) is 5.59. The molecule has 0 amide bonds. The van der Waals surface area contributed by atoms with Gasteiger partial charge in [0, 0.05) is 16.4 Å². The summed E-state index contributed by atoms with van der Waals surface area (Å²) in [4.78, 5) is 0.00971. The highest BCUT2D eigenvalue weighted by Crippen LogP contribution is 2.28. The van der Waals surface area contributed by atoms with E-state index in [-0.39, 0.29) is 21.4 Å². The van der Waals surface area contributed by atoms with Gasteiger partial charge >= 0.3 is 0 Å². The molecule has 1 atom stereocenters. The van der Waals surface area contributed by atoms with Crippen LogP contribution in [-0.4, -0.2) is 19.8 Å². The van der Waals surface area contributed by atoms with E-state index in [1.54, 1.807) is 6.07 Å². The molecule has 1 aromatic carbocycles. The molecule has 0 aliphatic heterocycles. The predicted molar refractivity (Wildman–Crippen MR) is 88.4 cm³/mol. The zero-order valence-corrected chi connectivity index (χ0v) is 15.5. The summed E-state index contributed by atoms with van der Waals surface area (Å²) >= 11 is 15.2. The molecule has 1 unspecified atom stereocenters. The Hall–Kier alpha value is 0.190. The molecular weight excluding hydrogens is 385 g/mol. The molecule has 1 aromatic rings. The third kappa shape index (κ3) is 4.88. The minimum atomic E-state index is -3.71. The summed E-state index contributed by atoms with van der Waals surface area (Å²) in [5, 5.41) is 1.21. The lowest BCUT2D eigenvalue weighted by atomic mass is 9.86. The SMILES string of the molecule is CC(C)(C)C(CCBr)NS(=O)(=O)c1cc(Cl)ccc1Cl. The molecule has 0 radical (unpaired) electrons. The molecule has 114 valence electrons. The van der Waals surface area contributed by atoms with E-state index in [0.29, 0.717) is 16.8 Å². The molecule has 0 aliphatic rings. The van der Waals surface area contributed by atoms with Crippen LogP contribution in [0.3, 0.4) is 0 Å². The summed E-state index contributed by atoms with van der Waals surface area (Å²) in [6.45, 7) is 5.97. The molecule has 0 spiro atoms. The standard InChI is InChI=1S/C13H18BrCl2NO2S/c1-13(2,3)12(6-7-14)17-20(18,19)11-8-9(15)4-5-10(11)16/h4-5,8,12,17H,6-7H2,1-3H3. The van der Waals surface area contributed by atoms with Gasteiger partial charge in [0.15, 0.2) is 0 Å². The number of hydrogen-bond donors (Lipinski definition) is 1. The van der Waals surface area contributed by atoms with E-state index < -0.39 is 10.0 Å². The maximum Gasteiger partial charge on any atom is 0.242 e. The molecule has 3 nitrogen and oxygen atoms in total. The lowest BCUT2D eigenvalue weighted by Crippen LogP contribution is -2.43. The first kappa shape index (κ1) is 18.2. The summed E-state index contributed by atoms with van der Waals surface area (Å²) in [6, 6.07) is 4.19. The third-order valence-corrected chi connectivity index (χ3v) is 5.57. The monoisotopic (exact) mass is 401 g/mol. The van der Waals surface area contributed by atoms with Crippen molar-refractivity contribution in [1.82, 2.24) is 4.72 Å². The summed E-state index contributed by atoms with van der Waals surface area (Å²) in [7, 11) is -3.71. The van der Waals surface area contributed by atoms with Gasteiger partial charge in [-0.25, -0.2) is 13.1 Å². The van der Waals surface area contributed by atoms with Crippen LogP contribution in [0.4, 0.5) is 0 Å². The molecule has 0 bridgehead atoms. The summed E-state index contributed by atoms with van der Waals surface area (Å²) in [5.41, 5.74) is -0.202. The number of benzene rings is 1. The highest BCUT2D eigenvalue weighted by Gasteiger charge is 2.30. The van der Waals surface area contributed by atoms with Crippen LogP contribution in [0, 0.1) is 5.41 Å². The average molecular weight is 403 g/mol. The van der Waals surface area contributed by atoms with Gasteiger partial charge in [0.05, 0.1) is 5.02 Å². The highest BCUT2D eigenvalue weighted by atomic mass is 79.9. The largest absolute Gasteiger partial charge is 0.242 e. The normalized spacial score (nSPS) is 14.3. The quantitative estimate of drug-likeness (QED) is 0.738. The van der Waals surface area contributed by atoms with E-state index in [0.717, 1.165) is 0 Å². The van der Waals surface area contributed by atoms with E-state index in [1.165, 1.54) is 12.1 Å². The molecule has 1 rings (SSSR count). The number of nitrogens with one attached hydrogen (secondary N) is 1. The van der Waals surface area contributed by atoms with Crippen LogP contribution in [0.2, 0.25) is 10.0 Å². The van der Waals surface area contributed by atoms with Crippen molar-refractivity contribution < 1.29 is 8.42 Å². The van der Waals surface area contributed by atoms with Gasteiger partial charge < -0.3 is 0 Å². The predicted octanol–water partition coefficient (Wildman–Crippen LogP) is 4.47. The van der Waals surface area contributed by atoms with Crippen molar-refractivity contribution in [3.05, 3.63) is 28.2 Å². The van der Waals surface area contributed by atoms with Gasteiger partial charge in [0.2, 0.25) is 10.0 Å². The number of hydrogen-bond acceptors (Lipinski definition) is 2. The topological polar surface area (TPSA) is 46.2 Å². The first-order chi connectivity index (χ1) is 9.08. The first-order valence-electron chi connectivity index (χ1n) is 6.11. The lowest BCUT2D eigenvalue weighted by Gasteiger charge is -2.31. The van der Waals surface area contributed by atoms with Crippen LogP contribution < -0.4 is 4.72 Å². The zero-order valence-electron chi connectivity index (χ0n) is 11.6. The van der Waals surface area contributed by atoms with E-state index in [2.05, 4.69) is 20.7 Å². The number of halogens is 3. The molecule has 7 heteroatoms. The van der Waals surface area contributed by atoms with E-state index in [1.807, 2.05) is 20.8 Å². The molecule has 0 fully saturated rings. The average Bonchev–Trinajstić information content (AvgIpc) is 2.30. The number of alkyl halides is 1. The van der Waals surface area contributed by atoms with E-state index in [9.17, 15) is 8.42 Å². The van der Waals surface area contributed by atoms with Crippen molar-refractivity contribution in [2.75, 3.05) is 5.33 Å². The fraction of sp³-hybridized carbons (Fsp3) is 0.538. The maximum absolute atomic E-state index is 12.5. The van der Waals surface area contributed by atoms with Crippen LogP contribution in [0.1, 0.15) is 27.2 Å².